The van der Waals surface area contributed by atoms with Crippen molar-refractivity contribution in [3.63, 3.8) is 0 Å². The SMILES string of the molecule is CC(C)c1cc(Oc2c(Br)cc(C(=O)NCC(=O)O)c(Nc3ccccc3)c2Br)ccc1O. The zero-order valence-corrected chi connectivity index (χ0v) is 21.0. The third-order valence-corrected chi connectivity index (χ3v) is 6.05. The minimum atomic E-state index is -1.15. The smallest absolute Gasteiger partial charge is 0.322 e. The Morgan fingerprint density at radius 2 is 1.76 bits per heavy atom. The van der Waals surface area contributed by atoms with Crippen molar-refractivity contribution in [1.82, 2.24) is 5.32 Å². The van der Waals surface area contributed by atoms with Crippen LogP contribution in [-0.2, 0) is 4.79 Å². The summed E-state index contributed by atoms with van der Waals surface area (Å²) in [6.07, 6.45) is 0. The van der Waals surface area contributed by atoms with Crippen molar-refractivity contribution in [2.75, 3.05) is 11.9 Å². The summed E-state index contributed by atoms with van der Waals surface area (Å²) in [4.78, 5) is 23.7. The number of nitrogens with one attached hydrogen (secondary N) is 2. The maximum absolute atomic E-state index is 12.8. The van der Waals surface area contributed by atoms with E-state index in [2.05, 4.69) is 42.5 Å². The fourth-order valence-electron chi connectivity index (χ4n) is 3.09. The number of anilines is 2. The van der Waals surface area contributed by atoms with Gasteiger partial charge in [0.2, 0.25) is 0 Å². The molecule has 0 heterocycles. The molecule has 0 saturated heterocycles. The lowest BCUT2D eigenvalue weighted by Gasteiger charge is -2.19. The van der Waals surface area contributed by atoms with E-state index in [0.29, 0.717) is 26.1 Å². The number of carbonyl (C=O) groups excluding carboxylic acids is 1. The summed E-state index contributed by atoms with van der Waals surface area (Å²) in [6.45, 7) is 3.43. The van der Waals surface area contributed by atoms with Crippen LogP contribution in [0.25, 0.3) is 0 Å². The molecule has 4 N–H and O–H groups in total. The molecular formula is C24H22Br2N2O5. The number of halogens is 2. The van der Waals surface area contributed by atoms with E-state index in [-0.39, 0.29) is 17.2 Å². The molecule has 0 aliphatic heterocycles. The van der Waals surface area contributed by atoms with Gasteiger partial charge in [0.05, 0.1) is 20.2 Å². The zero-order chi connectivity index (χ0) is 24.1. The fourth-order valence-corrected chi connectivity index (χ4v) is 4.47. The van der Waals surface area contributed by atoms with Crippen LogP contribution < -0.4 is 15.4 Å². The first-order valence-electron chi connectivity index (χ1n) is 10.0. The summed E-state index contributed by atoms with van der Waals surface area (Å²) >= 11 is 7.00. The van der Waals surface area contributed by atoms with Gasteiger partial charge < -0.3 is 25.6 Å². The lowest BCUT2D eigenvalue weighted by molar-refractivity contribution is -0.135. The van der Waals surface area contributed by atoms with Gasteiger partial charge in [-0.3, -0.25) is 9.59 Å². The maximum Gasteiger partial charge on any atom is 0.322 e. The van der Waals surface area contributed by atoms with Crippen LogP contribution in [-0.4, -0.2) is 28.6 Å². The van der Waals surface area contributed by atoms with Gasteiger partial charge in [-0.15, -0.1) is 0 Å². The van der Waals surface area contributed by atoms with E-state index in [4.69, 9.17) is 9.84 Å². The van der Waals surface area contributed by atoms with E-state index in [0.717, 1.165) is 11.3 Å². The number of para-hydroxylation sites is 1. The molecule has 3 aromatic rings. The summed E-state index contributed by atoms with van der Waals surface area (Å²) in [6, 6.07) is 15.8. The predicted octanol–water partition coefficient (Wildman–Crippen LogP) is 6.39. The number of aliphatic carboxylic acids is 1. The molecule has 172 valence electrons. The fraction of sp³-hybridized carbons (Fsp3) is 0.167. The molecule has 0 aromatic heterocycles. The average molecular weight is 578 g/mol. The predicted molar refractivity (Wildman–Crippen MR) is 134 cm³/mol. The van der Waals surface area contributed by atoms with Crippen molar-refractivity contribution in [2.24, 2.45) is 0 Å². The van der Waals surface area contributed by atoms with Gasteiger partial charge in [-0.2, -0.15) is 0 Å². The van der Waals surface area contributed by atoms with Gasteiger partial charge in [0.1, 0.15) is 18.0 Å². The summed E-state index contributed by atoms with van der Waals surface area (Å²) in [7, 11) is 0. The molecule has 0 atom stereocenters. The third-order valence-electron chi connectivity index (χ3n) is 4.70. The average Bonchev–Trinajstić information content (AvgIpc) is 2.78. The Kier molecular flexibility index (Phi) is 7.99. The molecule has 0 aliphatic carbocycles. The number of rotatable bonds is 8. The Labute approximate surface area is 208 Å². The van der Waals surface area contributed by atoms with Crippen LogP contribution in [0, 0.1) is 0 Å². The molecule has 0 radical (unpaired) electrons. The summed E-state index contributed by atoms with van der Waals surface area (Å²) < 4.78 is 7.06. The monoisotopic (exact) mass is 576 g/mol. The van der Waals surface area contributed by atoms with Gasteiger partial charge in [-0.1, -0.05) is 32.0 Å². The van der Waals surface area contributed by atoms with Gasteiger partial charge in [0, 0.05) is 11.3 Å². The van der Waals surface area contributed by atoms with Crippen LogP contribution in [0.15, 0.2) is 63.5 Å². The van der Waals surface area contributed by atoms with Crippen molar-refractivity contribution < 1.29 is 24.5 Å². The lowest BCUT2D eigenvalue weighted by Crippen LogP contribution is -2.29. The second-order valence-corrected chi connectivity index (χ2v) is 9.12. The second-order valence-electron chi connectivity index (χ2n) is 7.47. The van der Waals surface area contributed by atoms with Crippen LogP contribution in [0.2, 0.25) is 0 Å². The number of carboxylic acid groups (broad SMARTS) is 1. The number of carbonyl (C=O) groups is 2. The minimum Gasteiger partial charge on any atom is -0.508 e. The summed E-state index contributed by atoms with van der Waals surface area (Å²) in [5.74, 6) is -0.513. The Balaban J connectivity index is 2.06. The topological polar surface area (TPSA) is 108 Å². The van der Waals surface area contributed by atoms with Crippen LogP contribution in [0.3, 0.4) is 0 Å². The molecule has 0 aliphatic rings. The number of ether oxygens (including phenoxy) is 1. The first kappa shape index (κ1) is 24.6. The van der Waals surface area contributed by atoms with Gasteiger partial charge in [0.15, 0.2) is 5.75 Å². The van der Waals surface area contributed by atoms with E-state index < -0.39 is 18.4 Å². The van der Waals surface area contributed by atoms with E-state index in [1.165, 1.54) is 0 Å². The number of phenols is 1. The van der Waals surface area contributed by atoms with Crippen molar-refractivity contribution in [2.45, 2.75) is 19.8 Å². The number of phenolic OH excluding ortho intramolecular Hbond substituents is 1. The van der Waals surface area contributed by atoms with Crippen molar-refractivity contribution in [3.05, 3.63) is 74.7 Å². The van der Waals surface area contributed by atoms with Crippen LogP contribution in [0.1, 0.15) is 35.7 Å². The highest BCUT2D eigenvalue weighted by Crippen LogP contribution is 2.45. The van der Waals surface area contributed by atoms with E-state index in [1.54, 1.807) is 24.3 Å². The number of hydrogen-bond donors (Lipinski definition) is 4. The second kappa shape index (κ2) is 10.7. The highest BCUT2D eigenvalue weighted by molar-refractivity contribution is 9.11. The van der Waals surface area contributed by atoms with E-state index in [1.807, 2.05) is 44.2 Å². The summed E-state index contributed by atoms with van der Waals surface area (Å²) in [5.41, 5.74) is 2.10. The number of carboxylic acids is 1. The Bertz CT molecular complexity index is 1180. The normalized spacial score (nSPS) is 10.7. The summed E-state index contributed by atoms with van der Waals surface area (Å²) in [5, 5.41) is 24.6. The standard InChI is InChI=1S/C24H22Br2N2O5/c1-13(2)16-10-15(8-9-19(16)29)33-23-18(25)11-17(24(32)27-12-20(30)31)22(21(23)26)28-14-6-4-3-5-7-14/h3-11,13,28-29H,12H2,1-2H3,(H,27,32)(H,30,31). The molecule has 9 heteroatoms. The van der Waals surface area contributed by atoms with E-state index >= 15 is 0 Å². The first-order valence-corrected chi connectivity index (χ1v) is 11.6. The Hall–Kier alpha value is -3.04. The molecule has 0 unspecified atom stereocenters. The van der Waals surface area contributed by atoms with Crippen LogP contribution in [0.5, 0.6) is 17.2 Å². The molecule has 0 saturated carbocycles. The highest BCUT2D eigenvalue weighted by Gasteiger charge is 2.22. The number of benzene rings is 3. The van der Waals surface area contributed by atoms with Gasteiger partial charge in [0.25, 0.3) is 5.91 Å². The molecule has 7 nitrogen and oxygen atoms in total. The third kappa shape index (κ3) is 6.06. The molecule has 0 bridgehead atoms. The minimum absolute atomic E-state index is 0.0936. The highest BCUT2D eigenvalue weighted by atomic mass is 79.9. The molecule has 0 spiro atoms. The number of aromatic hydroxyl groups is 1. The first-order chi connectivity index (χ1) is 15.7. The van der Waals surface area contributed by atoms with Gasteiger partial charge in [-0.05, 0) is 74.2 Å². The van der Waals surface area contributed by atoms with Crippen molar-refractivity contribution >= 4 is 55.1 Å². The number of hydrogen-bond acceptors (Lipinski definition) is 5. The molecule has 33 heavy (non-hydrogen) atoms. The van der Waals surface area contributed by atoms with E-state index in [9.17, 15) is 14.7 Å². The zero-order valence-electron chi connectivity index (χ0n) is 17.9. The van der Waals surface area contributed by atoms with Crippen molar-refractivity contribution in [3.8, 4) is 17.2 Å². The molecular weight excluding hydrogens is 556 g/mol. The molecule has 3 aromatic carbocycles. The Morgan fingerprint density at radius 1 is 1.06 bits per heavy atom. The maximum atomic E-state index is 12.8. The van der Waals surface area contributed by atoms with Crippen LogP contribution in [0.4, 0.5) is 11.4 Å². The van der Waals surface area contributed by atoms with Gasteiger partial charge >= 0.3 is 5.97 Å². The van der Waals surface area contributed by atoms with Crippen LogP contribution >= 0.6 is 31.9 Å². The van der Waals surface area contributed by atoms with Gasteiger partial charge in [-0.25, -0.2) is 0 Å². The number of amides is 1. The van der Waals surface area contributed by atoms with Crippen molar-refractivity contribution in [1.29, 1.82) is 0 Å². The quantitative estimate of drug-likeness (QED) is 0.247. The molecule has 3 rings (SSSR count). The largest absolute Gasteiger partial charge is 0.508 e. The lowest BCUT2D eigenvalue weighted by atomic mass is 10.0. The Morgan fingerprint density at radius 3 is 2.39 bits per heavy atom. The molecule has 1 amide bonds. The molecule has 0 fully saturated rings.